The molecule has 0 bridgehead atoms. The maximum absolute atomic E-state index is 12.7. The molecule has 0 radical (unpaired) electrons. The molecule has 2 atom stereocenters. The summed E-state index contributed by atoms with van der Waals surface area (Å²) in [7, 11) is -17.7. The van der Waals surface area contributed by atoms with Gasteiger partial charge in [-0.25, -0.2) is 33.7 Å². The van der Waals surface area contributed by atoms with Gasteiger partial charge in [-0.1, -0.05) is 38.5 Å². The molecule has 0 aromatic carbocycles. The zero-order chi connectivity index (χ0) is 24.9. The van der Waals surface area contributed by atoms with Crippen molar-refractivity contribution in [1.29, 1.82) is 0 Å². The number of hydrogen-bond donors (Lipinski definition) is 2. The van der Waals surface area contributed by atoms with Gasteiger partial charge in [0.25, 0.3) is 0 Å². The molecule has 0 heterocycles. The molecule has 2 saturated carbocycles. The number of nitrogens with one attached hydrogen (secondary N) is 2. The van der Waals surface area contributed by atoms with Gasteiger partial charge in [0.1, 0.15) is 0 Å². The summed E-state index contributed by atoms with van der Waals surface area (Å²) in [5.74, 6) is -1.84. The Balaban J connectivity index is 2.12. The van der Waals surface area contributed by atoms with Crippen molar-refractivity contribution >= 4 is 39.3 Å². The molecule has 12 nitrogen and oxygen atoms in total. The third-order valence-electron chi connectivity index (χ3n) is 6.35. The van der Waals surface area contributed by atoms with Gasteiger partial charge in [-0.05, 0) is 32.1 Å². The van der Waals surface area contributed by atoms with Crippen molar-refractivity contribution in [3.63, 3.8) is 0 Å². The molecular weight excluding hydrogens is 516 g/mol. The maximum Gasteiger partial charge on any atom is 0.340 e. The van der Waals surface area contributed by atoms with Crippen molar-refractivity contribution < 1.29 is 43.9 Å². The average molecular weight is 549 g/mol. The zero-order valence-electron chi connectivity index (χ0n) is 18.3. The summed E-state index contributed by atoms with van der Waals surface area (Å²) in [4.78, 5) is 0. The summed E-state index contributed by atoms with van der Waals surface area (Å²) >= 11 is 0. The van der Waals surface area contributed by atoms with Gasteiger partial charge in [0.15, 0.2) is 0 Å². The molecular formula is C17H32N4O8S4. The van der Waals surface area contributed by atoms with E-state index in [-0.39, 0.29) is 25.7 Å². The summed E-state index contributed by atoms with van der Waals surface area (Å²) in [6.07, 6.45) is 4.60. The minimum absolute atomic E-state index is 0.271. The van der Waals surface area contributed by atoms with E-state index in [2.05, 4.69) is 0 Å². The number of sulfone groups is 4. The van der Waals surface area contributed by atoms with Gasteiger partial charge >= 0.3 is 9.41 Å². The van der Waals surface area contributed by atoms with E-state index in [1.807, 2.05) is 0 Å². The van der Waals surface area contributed by atoms with Crippen molar-refractivity contribution in [3.8, 4) is 0 Å². The van der Waals surface area contributed by atoms with Gasteiger partial charge in [-0.3, -0.25) is 0 Å². The quantitative estimate of drug-likeness (QED) is 0.273. The van der Waals surface area contributed by atoms with E-state index in [0.29, 0.717) is 25.7 Å². The van der Waals surface area contributed by atoms with E-state index in [4.69, 9.17) is 0 Å². The number of hydrogen-bond acceptors (Lipinski definition) is 8. The van der Waals surface area contributed by atoms with Gasteiger partial charge in [0, 0.05) is 0 Å². The van der Waals surface area contributed by atoms with Crippen LogP contribution in [0.5, 0.6) is 0 Å². The second kappa shape index (κ2) is 11.2. The lowest BCUT2D eigenvalue weighted by atomic mass is 10.0. The third kappa shape index (κ3) is 6.57. The van der Waals surface area contributed by atoms with Crippen molar-refractivity contribution in [2.24, 2.45) is 0 Å². The van der Waals surface area contributed by atoms with Crippen molar-refractivity contribution in [2.45, 2.75) is 90.5 Å². The molecule has 0 aliphatic heterocycles. The van der Waals surface area contributed by atoms with Crippen molar-refractivity contribution in [2.75, 3.05) is 11.5 Å². The van der Waals surface area contributed by atoms with Gasteiger partial charge in [-0.2, -0.15) is 0 Å². The van der Waals surface area contributed by atoms with Crippen LogP contribution >= 0.6 is 0 Å². The minimum Gasteiger partial charge on any atom is -0.507 e. The largest absolute Gasteiger partial charge is 0.507 e. The molecule has 2 aliphatic carbocycles. The first kappa shape index (κ1) is 28.2. The molecule has 0 aromatic rings. The monoisotopic (exact) mass is 548 g/mol. The fourth-order valence-corrected chi connectivity index (χ4v) is 14.3. The highest BCUT2D eigenvalue weighted by atomic mass is 32.3. The normalized spacial score (nSPS) is 21.8. The lowest BCUT2D eigenvalue weighted by Gasteiger charge is -2.24. The van der Waals surface area contributed by atoms with Crippen LogP contribution in [0.4, 0.5) is 0 Å². The Morgan fingerprint density at radius 2 is 0.879 bits per heavy atom. The molecule has 0 aromatic heterocycles. The summed E-state index contributed by atoms with van der Waals surface area (Å²) in [5.41, 5.74) is 18.6. The topological polar surface area (TPSA) is 209 Å². The molecule has 16 heteroatoms. The van der Waals surface area contributed by atoms with E-state index in [1.165, 1.54) is 10.2 Å². The summed E-state index contributed by atoms with van der Waals surface area (Å²) in [5, 5.41) is 0.845. The highest BCUT2D eigenvalue weighted by molar-refractivity contribution is 8.09. The third-order valence-corrected chi connectivity index (χ3v) is 17.2. The van der Waals surface area contributed by atoms with Crippen LogP contribution in [-0.2, 0) is 39.3 Å². The first-order valence-corrected chi connectivity index (χ1v) is 17.6. The molecule has 192 valence electrons. The van der Waals surface area contributed by atoms with Crippen molar-refractivity contribution in [1.82, 2.24) is 0 Å². The molecule has 0 saturated heterocycles. The Kier molecular flexibility index (Phi) is 9.55. The summed E-state index contributed by atoms with van der Waals surface area (Å²) in [6, 6.07) is 0. The smallest absolute Gasteiger partial charge is 0.340 e. The molecule has 0 amide bonds. The van der Waals surface area contributed by atoms with Crippen LogP contribution in [0.1, 0.15) is 70.6 Å². The Hall–Kier alpha value is -1.00. The Labute approximate surface area is 196 Å². The molecule has 33 heavy (non-hydrogen) atoms. The molecule has 0 spiro atoms. The van der Waals surface area contributed by atoms with E-state index in [1.54, 1.807) is 0 Å². The lowest BCUT2D eigenvalue weighted by Crippen LogP contribution is -2.78. The molecule has 2 fully saturated rings. The lowest BCUT2D eigenvalue weighted by molar-refractivity contribution is -0.475. The Morgan fingerprint density at radius 1 is 0.576 bits per heavy atom. The van der Waals surface area contributed by atoms with E-state index >= 15 is 0 Å². The molecule has 2 rings (SSSR count). The standard InChI is InChI=1S/C17H32N4O8S4/c18-20-16(32(26,27)14-8-3-1-4-9-14)30(22,23)12-7-13-31(24,25)17(21-19)33(28,29)15-10-5-2-6-11-15/h14-17,20-21H,1-13H2. The van der Waals surface area contributed by atoms with Crippen LogP contribution in [0.15, 0.2) is 0 Å². The summed E-state index contributed by atoms with van der Waals surface area (Å²) < 4.78 is 96.9. The highest BCUT2D eigenvalue weighted by Crippen LogP contribution is 2.28. The van der Waals surface area contributed by atoms with Gasteiger partial charge < -0.3 is 21.3 Å². The maximum atomic E-state index is 12.7. The van der Waals surface area contributed by atoms with Crippen LogP contribution in [0.2, 0.25) is 0 Å². The van der Waals surface area contributed by atoms with E-state index in [0.717, 1.165) is 12.8 Å². The highest BCUT2D eigenvalue weighted by Gasteiger charge is 2.47. The predicted molar refractivity (Wildman–Crippen MR) is 120 cm³/mol. The Bertz CT molecular complexity index is 1030. The van der Waals surface area contributed by atoms with Gasteiger partial charge in [0.05, 0.1) is 22.0 Å². The van der Waals surface area contributed by atoms with Crippen molar-refractivity contribution in [3.05, 3.63) is 11.1 Å². The zero-order valence-corrected chi connectivity index (χ0v) is 21.6. The number of rotatable bonds is 12. The van der Waals surface area contributed by atoms with Crippen LogP contribution in [0.25, 0.3) is 11.1 Å². The first-order valence-electron chi connectivity index (χ1n) is 11.0. The van der Waals surface area contributed by atoms with Crippen LogP contribution in [0, 0.1) is 0 Å². The first-order chi connectivity index (χ1) is 15.3. The Morgan fingerprint density at radius 3 is 1.15 bits per heavy atom. The fourth-order valence-electron chi connectivity index (χ4n) is 4.53. The van der Waals surface area contributed by atoms with Crippen LogP contribution in [0.3, 0.4) is 0 Å². The molecule has 2 unspecified atom stereocenters. The SMILES string of the molecule is [N-]=[NH+]C(S(=O)(=O)CCCS(=O)(=O)C([NH+]=[N-])S(=O)(=O)C1CCCCC1)S(=O)(=O)C1CCCCC1. The second-order valence-electron chi connectivity index (χ2n) is 8.71. The average Bonchev–Trinajstić information content (AvgIpc) is 2.74. The van der Waals surface area contributed by atoms with Crippen LogP contribution in [-0.4, -0.2) is 65.1 Å². The fraction of sp³-hybridized carbons (Fsp3) is 1.00. The van der Waals surface area contributed by atoms with E-state index in [9.17, 15) is 44.7 Å². The minimum atomic E-state index is -4.54. The van der Waals surface area contributed by atoms with Crippen LogP contribution < -0.4 is 10.2 Å². The predicted octanol–water partition coefficient (Wildman–Crippen LogP) is -1.53. The van der Waals surface area contributed by atoms with E-state index < -0.39 is 77.2 Å². The number of nitrogens with zero attached hydrogens (tertiary/aromatic N) is 2. The second-order valence-corrected chi connectivity index (χ2v) is 18.3. The molecule has 2 N–H and O–H groups in total. The van der Waals surface area contributed by atoms with Gasteiger partial charge in [0.2, 0.25) is 39.3 Å². The summed E-state index contributed by atoms with van der Waals surface area (Å²) in [6.45, 7) is 0. The van der Waals surface area contributed by atoms with Gasteiger partial charge in [-0.15, -0.1) is 0 Å². The molecule has 2 aliphatic rings.